The van der Waals surface area contributed by atoms with E-state index < -0.39 is 0 Å². The zero-order chi connectivity index (χ0) is 9.68. The van der Waals surface area contributed by atoms with Gasteiger partial charge < -0.3 is 4.74 Å². The molecule has 0 aliphatic carbocycles. The maximum absolute atomic E-state index is 8.28. The van der Waals surface area contributed by atoms with Crippen molar-refractivity contribution in [3.05, 3.63) is 29.8 Å². The second kappa shape index (κ2) is 4.78. The SMILES string of the molecule is CC(S)c1ccc(OCC#N)cc1. The third-order valence-corrected chi connectivity index (χ3v) is 1.96. The summed E-state index contributed by atoms with van der Waals surface area (Å²) < 4.78 is 5.10. The highest BCUT2D eigenvalue weighted by atomic mass is 32.1. The van der Waals surface area contributed by atoms with Gasteiger partial charge in [0.2, 0.25) is 0 Å². The lowest BCUT2D eigenvalue weighted by Crippen LogP contribution is -1.93. The summed E-state index contributed by atoms with van der Waals surface area (Å²) in [5.41, 5.74) is 1.15. The molecule has 0 heterocycles. The molecule has 0 amide bonds. The van der Waals surface area contributed by atoms with Crippen molar-refractivity contribution in [2.24, 2.45) is 0 Å². The lowest BCUT2D eigenvalue weighted by atomic mass is 10.2. The molecule has 0 bridgehead atoms. The van der Waals surface area contributed by atoms with E-state index in [-0.39, 0.29) is 11.9 Å². The van der Waals surface area contributed by atoms with Gasteiger partial charge in [-0.15, -0.1) is 0 Å². The summed E-state index contributed by atoms with van der Waals surface area (Å²) in [5, 5.41) is 8.51. The predicted octanol–water partition coefficient (Wildman–Crippen LogP) is 2.58. The second-order valence-corrected chi connectivity index (χ2v) is 3.47. The number of nitriles is 1. The van der Waals surface area contributed by atoms with Crippen molar-refractivity contribution in [1.29, 1.82) is 5.26 Å². The van der Waals surface area contributed by atoms with Crippen LogP contribution in [-0.4, -0.2) is 6.61 Å². The highest BCUT2D eigenvalue weighted by molar-refractivity contribution is 7.80. The van der Waals surface area contributed by atoms with Crippen LogP contribution in [0.4, 0.5) is 0 Å². The molecule has 0 spiro atoms. The van der Waals surface area contributed by atoms with Gasteiger partial charge in [-0.2, -0.15) is 17.9 Å². The fourth-order valence-electron chi connectivity index (χ4n) is 0.958. The first-order valence-electron chi connectivity index (χ1n) is 4.02. The molecule has 3 heteroatoms. The third kappa shape index (κ3) is 3.00. The minimum Gasteiger partial charge on any atom is -0.479 e. The Balaban J connectivity index is 2.65. The molecule has 0 aromatic heterocycles. The molecule has 0 radical (unpaired) electrons. The Bertz CT molecular complexity index is 300. The van der Waals surface area contributed by atoms with E-state index >= 15 is 0 Å². The van der Waals surface area contributed by atoms with Crippen LogP contribution in [0, 0.1) is 11.3 Å². The van der Waals surface area contributed by atoms with Crippen LogP contribution in [0.5, 0.6) is 5.75 Å². The van der Waals surface area contributed by atoms with Gasteiger partial charge in [-0.05, 0) is 24.6 Å². The molecule has 1 aromatic carbocycles. The topological polar surface area (TPSA) is 33.0 Å². The number of benzene rings is 1. The van der Waals surface area contributed by atoms with Crippen LogP contribution in [0.2, 0.25) is 0 Å². The zero-order valence-corrected chi connectivity index (χ0v) is 8.29. The van der Waals surface area contributed by atoms with Crippen molar-refractivity contribution in [3.8, 4) is 11.8 Å². The summed E-state index contributed by atoms with van der Waals surface area (Å²) >= 11 is 4.30. The molecule has 13 heavy (non-hydrogen) atoms. The van der Waals surface area contributed by atoms with E-state index in [2.05, 4.69) is 12.6 Å². The van der Waals surface area contributed by atoms with Crippen LogP contribution in [0.1, 0.15) is 17.7 Å². The Morgan fingerprint density at radius 1 is 1.46 bits per heavy atom. The second-order valence-electron chi connectivity index (χ2n) is 2.69. The molecule has 0 saturated carbocycles. The smallest absolute Gasteiger partial charge is 0.174 e. The van der Waals surface area contributed by atoms with Crippen LogP contribution in [0.15, 0.2) is 24.3 Å². The maximum atomic E-state index is 8.28. The van der Waals surface area contributed by atoms with Crippen molar-refractivity contribution in [2.75, 3.05) is 6.61 Å². The van der Waals surface area contributed by atoms with Gasteiger partial charge in [0.25, 0.3) is 0 Å². The van der Waals surface area contributed by atoms with Crippen molar-refractivity contribution in [3.63, 3.8) is 0 Å². The number of thiol groups is 1. The fraction of sp³-hybridized carbons (Fsp3) is 0.300. The molecule has 0 aliphatic heterocycles. The Labute approximate surface area is 83.6 Å². The summed E-state index contributed by atoms with van der Waals surface area (Å²) in [7, 11) is 0. The van der Waals surface area contributed by atoms with Gasteiger partial charge in [0, 0.05) is 5.25 Å². The zero-order valence-electron chi connectivity index (χ0n) is 7.40. The van der Waals surface area contributed by atoms with Crippen molar-refractivity contribution < 1.29 is 4.74 Å². The molecule has 0 fully saturated rings. The summed E-state index contributed by atoms with van der Waals surface area (Å²) in [5.74, 6) is 0.722. The van der Waals surface area contributed by atoms with Gasteiger partial charge >= 0.3 is 0 Å². The predicted molar refractivity (Wildman–Crippen MR) is 55.0 cm³/mol. The molecule has 2 nitrogen and oxygen atoms in total. The molecule has 1 unspecified atom stereocenters. The van der Waals surface area contributed by atoms with E-state index in [1.807, 2.05) is 37.3 Å². The molecule has 0 aliphatic rings. The highest BCUT2D eigenvalue weighted by Crippen LogP contribution is 2.21. The molecule has 1 rings (SSSR count). The van der Waals surface area contributed by atoms with Gasteiger partial charge in [0.15, 0.2) is 6.61 Å². The maximum Gasteiger partial charge on any atom is 0.174 e. The first-order valence-corrected chi connectivity index (χ1v) is 4.53. The van der Waals surface area contributed by atoms with Gasteiger partial charge in [0.05, 0.1) is 0 Å². The molecular weight excluding hydrogens is 182 g/mol. The number of rotatable bonds is 3. The van der Waals surface area contributed by atoms with Gasteiger partial charge in [0.1, 0.15) is 11.8 Å². The lowest BCUT2D eigenvalue weighted by Gasteiger charge is -2.05. The first kappa shape index (κ1) is 9.94. The van der Waals surface area contributed by atoms with Crippen molar-refractivity contribution in [2.45, 2.75) is 12.2 Å². The summed E-state index contributed by atoms with van der Waals surface area (Å²) in [6.45, 7) is 2.10. The summed E-state index contributed by atoms with van der Waals surface area (Å²) in [6.07, 6.45) is 0. The van der Waals surface area contributed by atoms with Crippen LogP contribution >= 0.6 is 12.6 Å². The largest absolute Gasteiger partial charge is 0.479 e. The summed E-state index contributed by atoms with van der Waals surface area (Å²) in [4.78, 5) is 0. The first-order chi connectivity index (χ1) is 6.24. The fourth-order valence-corrected chi connectivity index (χ4v) is 1.13. The van der Waals surface area contributed by atoms with E-state index in [1.165, 1.54) is 0 Å². The monoisotopic (exact) mass is 193 g/mol. The minimum atomic E-state index is 0.0930. The molecular formula is C10H11NOS. The molecule has 68 valence electrons. The van der Waals surface area contributed by atoms with E-state index in [9.17, 15) is 0 Å². The Morgan fingerprint density at radius 2 is 2.08 bits per heavy atom. The highest BCUT2D eigenvalue weighted by Gasteiger charge is 1.99. The molecule has 0 N–H and O–H groups in total. The number of hydrogen-bond donors (Lipinski definition) is 1. The Kier molecular flexibility index (Phi) is 3.66. The summed E-state index contributed by atoms with van der Waals surface area (Å²) in [6, 6.07) is 9.51. The normalized spacial score (nSPS) is 11.8. The molecule has 1 aromatic rings. The average Bonchev–Trinajstić information content (AvgIpc) is 2.15. The lowest BCUT2D eigenvalue weighted by molar-refractivity contribution is 0.368. The number of nitrogens with zero attached hydrogens (tertiary/aromatic N) is 1. The standard InChI is InChI=1S/C10H11NOS/c1-8(13)9-2-4-10(5-3-9)12-7-6-11/h2-5,8,13H,7H2,1H3. The quantitative estimate of drug-likeness (QED) is 0.748. The van der Waals surface area contributed by atoms with E-state index in [1.54, 1.807) is 0 Å². The minimum absolute atomic E-state index is 0.0930. The molecule has 1 atom stereocenters. The molecule has 0 saturated heterocycles. The van der Waals surface area contributed by atoms with Gasteiger partial charge in [-0.25, -0.2) is 0 Å². The Hall–Kier alpha value is -1.14. The Morgan fingerprint density at radius 3 is 2.54 bits per heavy atom. The van der Waals surface area contributed by atoms with Crippen LogP contribution in [-0.2, 0) is 0 Å². The number of hydrogen-bond acceptors (Lipinski definition) is 3. The van der Waals surface area contributed by atoms with Crippen molar-refractivity contribution in [1.82, 2.24) is 0 Å². The van der Waals surface area contributed by atoms with Crippen LogP contribution in [0.3, 0.4) is 0 Å². The van der Waals surface area contributed by atoms with E-state index in [4.69, 9.17) is 10.00 Å². The van der Waals surface area contributed by atoms with Crippen molar-refractivity contribution >= 4 is 12.6 Å². The van der Waals surface area contributed by atoms with E-state index in [0.717, 1.165) is 11.3 Å². The van der Waals surface area contributed by atoms with E-state index in [0.29, 0.717) is 0 Å². The van der Waals surface area contributed by atoms with Crippen LogP contribution < -0.4 is 4.74 Å². The average molecular weight is 193 g/mol. The number of ether oxygens (including phenoxy) is 1. The van der Waals surface area contributed by atoms with Gasteiger partial charge in [-0.3, -0.25) is 0 Å². The van der Waals surface area contributed by atoms with Gasteiger partial charge in [-0.1, -0.05) is 12.1 Å². The van der Waals surface area contributed by atoms with Crippen LogP contribution in [0.25, 0.3) is 0 Å². The third-order valence-electron chi connectivity index (χ3n) is 1.67.